The lowest BCUT2D eigenvalue weighted by Gasteiger charge is -2.21. The lowest BCUT2D eigenvalue weighted by molar-refractivity contribution is 0.344. The van der Waals surface area contributed by atoms with Crippen LogP contribution in [0.15, 0.2) is 4.42 Å². The molecule has 0 bridgehead atoms. The van der Waals surface area contributed by atoms with E-state index in [9.17, 15) is 0 Å². The van der Waals surface area contributed by atoms with Crippen molar-refractivity contribution in [3.8, 4) is 0 Å². The summed E-state index contributed by atoms with van der Waals surface area (Å²) in [7, 11) is 0. The van der Waals surface area contributed by atoms with Crippen molar-refractivity contribution in [2.75, 3.05) is 18.4 Å². The van der Waals surface area contributed by atoms with Gasteiger partial charge in [0.1, 0.15) is 0 Å². The molecule has 2 rings (SSSR count). The van der Waals surface area contributed by atoms with Gasteiger partial charge in [0.2, 0.25) is 5.89 Å². The zero-order valence-corrected chi connectivity index (χ0v) is 12.8. The van der Waals surface area contributed by atoms with Crippen LogP contribution in [-0.4, -0.2) is 23.3 Å². The molecule has 20 heavy (non-hydrogen) atoms. The van der Waals surface area contributed by atoms with Gasteiger partial charge in [0.15, 0.2) is 0 Å². The molecule has 2 N–H and O–H groups in total. The number of nitrogens with one attached hydrogen (secondary N) is 2. The quantitative estimate of drug-likeness (QED) is 0.765. The molecule has 1 aromatic rings. The summed E-state index contributed by atoms with van der Waals surface area (Å²) in [6, 6.07) is 0.558. The molecule has 1 aliphatic carbocycles. The van der Waals surface area contributed by atoms with Gasteiger partial charge in [-0.1, -0.05) is 51.1 Å². The monoisotopic (exact) mass is 280 g/mol. The van der Waals surface area contributed by atoms with Crippen molar-refractivity contribution < 1.29 is 4.42 Å². The average Bonchev–Trinajstić information content (AvgIpc) is 2.87. The smallest absolute Gasteiger partial charge is 0.315 e. The zero-order chi connectivity index (χ0) is 14.2. The third-order valence-corrected chi connectivity index (χ3v) is 3.85. The molecule has 5 nitrogen and oxygen atoms in total. The van der Waals surface area contributed by atoms with Crippen molar-refractivity contribution >= 4 is 6.01 Å². The van der Waals surface area contributed by atoms with Crippen LogP contribution in [0.2, 0.25) is 0 Å². The molecule has 0 amide bonds. The summed E-state index contributed by atoms with van der Waals surface area (Å²) in [5.74, 6) is 2.17. The maximum absolute atomic E-state index is 5.56. The van der Waals surface area contributed by atoms with Crippen LogP contribution in [0.3, 0.4) is 0 Å². The molecule has 1 aromatic heterocycles. The second-order valence-electron chi connectivity index (χ2n) is 6.25. The Labute approximate surface area is 121 Å². The number of rotatable bonds is 8. The van der Waals surface area contributed by atoms with Gasteiger partial charge in [0.25, 0.3) is 0 Å². The van der Waals surface area contributed by atoms with E-state index in [1.807, 2.05) is 0 Å². The van der Waals surface area contributed by atoms with Crippen molar-refractivity contribution in [1.82, 2.24) is 15.5 Å². The van der Waals surface area contributed by atoms with E-state index in [-0.39, 0.29) is 0 Å². The summed E-state index contributed by atoms with van der Waals surface area (Å²) in [6.45, 7) is 6.91. The van der Waals surface area contributed by atoms with E-state index in [2.05, 4.69) is 34.7 Å². The number of hydrogen-bond acceptors (Lipinski definition) is 5. The second-order valence-corrected chi connectivity index (χ2v) is 6.25. The van der Waals surface area contributed by atoms with Crippen LogP contribution < -0.4 is 10.6 Å². The van der Waals surface area contributed by atoms with E-state index < -0.39 is 0 Å². The van der Waals surface area contributed by atoms with Gasteiger partial charge in [-0.05, 0) is 24.8 Å². The molecule has 1 heterocycles. The molecule has 0 atom stereocenters. The number of hydrogen-bond donors (Lipinski definition) is 2. The molecular formula is C15H28N4O. The molecule has 1 aliphatic rings. The molecule has 114 valence electrons. The standard InChI is InChI=1S/C15H28N4O/c1-12(2)10-16-11-14-18-19-15(20-14)17-9-8-13-6-4-3-5-7-13/h12-13,16H,3-11H2,1-2H3,(H,17,19). The minimum atomic E-state index is 0.558. The van der Waals surface area contributed by atoms with Gasteiger partial charge in [-0.3, -0.25) is 0 Å². The molecule has 5 heteroatoms. The molecule has 1 fully saturated rings. The Morgan fingerprint density at radius 2 is 2.00 bits per heavy atom. The van der Waals surface area contributed by atoms with E-state index in [0.717, 1.165) is 19.0 Å². The van der Waals surface area contributed by atoms with Gasteiger partial charge in [-0.25, -0.2) is 0 Å². The SMILES string of the molecule is CC(C)CNCc1nnc(NCCC2CCCCC2)o1. The Hall–Kier alpha value is -1.10. The molecule has 0 aliphatic heterocycles. The third-order valence-electron chi connectivity index (χ3n) is 3.85. The van der Waals surface area contributed by atoms with E-state index in [0.29, 0.717) is 24.4 Å². The highest BCUT2D eigenvalue weighted by atomic mass is 16.4. The normalized spacial score (nSPS) is 16.8. The van der Waals surface area contributed by atoms with Gasteiger partial charge in [0, 0.05) is 6.54 Å². The van der Waals surface area contributed by atoms with E-state index >= 15 is 0 Å². The van der Waals surface area contributed by atoms with Crippen molar-refractivity contribution in [3.63, 3.8) is 0 Å². The Morgan fingerprint density at radius 1 is 1.20 bits per heavy atom. The van der Waals surface area contributed by atoms with Crippen LogP contribution >= 0.6 is 0 Å². The first-order chi connectivity index (χ1) is 9.74. The van der Waals surface area contributed by atoms with E-state index in [4.69, 9.17) is 4.42 Å². The van der Waals surface area contributed by atoms with Gasteiger partial charge < -0.3 is 15.1 Å². The molecule has 0 aromatic carbocycles. The third kappa shape index (κ3) is 5.49. The second kappa shape index (κ2) is 8.25. The molecule has 0 unspecified atom stereocenters. The van der Waals surface area contributed by atoms with E-state index in [1.54, 1.807) is 0 Å². The number of aromatic nitrogens is 2. The summed E-state index contributed by atoms with van der Waals surface area (Å²) in [5, 5.41) is 14.6. The number of anilines is 1. The largest absolute Gasteiger partial charge is 0.407 e. The van der Waals surface area contributed by atoms with Crippen LogP contribution in [-0.2, 0) is 6.54 Å². The molecule has 0 radical (unpaired) electrons. The van der Waals surface area contributed by atoms with Crippen molar-refractivity contribution in [2.45, 2.75) is 58.9 Å². The van der Waals surface area contributed by atoms with Crippen LogP contribution in [0.1, 0.15) is 58.3 Å². The Morgan fingerprint density at radius 3 is 2.75 bits per heavy atom. The summed E-state index contributed by atoms with van der Waals surface area (Å²) in [6.07, 6.45) is 8.20. The van der Waals surface area contributed by atoms with Crippen LogP contribution in [0.25, 0.3) is 0 Å². The summed E-state index contributed by atoms with van der Waals surface area (Å²) < 4.78 is 5.56. The maximum Gasteiger partial charge on any atom is 0.315 e. The average molecular weight is 280 g/mol. The molecular weight excluding hydrogens is 252 g/mol. The van der Waals surface area contributed by atoms with E-state index in [1.165, 1.54) is 38.5 Å². The van der Waals surface area contributed by atoms with Gasteiger partial charge in [-0.15, -0.1) is 5.10 Å². The fraction of sp³-hybridized carbons (Fsp3) is 0.867. The van der Waals surface area contributed by atoms with Gasteiger partial charge >= 0.3 is 6.01 Å². The molecule has 0 saturated heterocycles. The lowest BCUT2D eigenvalue weighted by Crippen LogP contribution is -2.19. The highest BCUT2D eigenvalue weighted by molar-refractivity contribution is 5.16. The predicted molar refractivity (Wildman–Crippen MR) is 80.5 cm³/mol. The Kier molecular flexibility index (Phi) is 6.30. The van der Waals surface area contributed by atoms with Crippen LogP contribution in [0.4, 0.5) is 6.01 Å². The van der Waals surface area contributed by atoms with Crippen molar-refractivity contribution in [3.05, 3.63) is 5.89 Å². The first kappa shape index (κ1) is 15.3. The predicted octanol–water partition coefficient (Wildman–Crippen LogP) is 3.20. The number of nitrogens with zero attached hydrogens (tertiary/aromatic N) is 2. The summed E-state index contributed by atoms with van der Waals surface area (Å²) in [4.78, 5) is 0. The lowest BCUT2D eigenvalue weighted by atomic mass is 9.87. The maximum atomic E-state index is 5.56. The fourth-order valence-corrected chi connectivity index (χ4v) is 2.72. The topological polar surface area (TPSA) is 63.0 Å². The zero-order valence-electron chi connectivity index (χ0n) is 12.8. The molecule has 0 spiro atoms. The first-order valence-corrected chi connectivity index (χ1v) is 8.01. The van der Waals surface area contributed by atoms with Gasteiger partial charge in [0.05, 0.1) is 6.54 Å². The Bertz CT molecular complexity index is 372. The highest BCUT2D eigenvalue weighted by Gasteiger charge is 2.13. The van der Waals surface area contributed by atoms with Crippen molar-refractivity contribution in [1.29, 1.82) is 0 Å². The van der Waals surface area contributed by atoms with Crippen LogP contribution in [0, 0.1) is 11.8 Å². The fourth-order valence-electron chi connectivity index (χ4n) is 2.72. The van der Waals surface area contributed by atoms with Gasteiger partial charge in [-0.2, -0.15) is 0 Å². The first-order valence-electron chi connectivity index (χ1n) is 8.01. The highest BCUT2D eigenvalue weighted by Crippen LogP contribution is 2.26. The molecule has 1 saturated carbocycles. The van der Waals surface area contributed by atoms with Crippen LogP contribution in [0.5, 0.6) is 0 Å². The summed E-state index contributed by atoms with van der Waals surface area (Å²) >= 11 is 0. The minimum absolute atomic E-state index is 0.558. The minimum Gasteiger partial charge on any atom is -0.407 e. The summed E-state index contributed by atoms with van der Waals surface area (Å²) in [5.41, 5.74) is 0. The van der Waals surface area contributed by atoms with Crippen molar-refractivity contribution in [2.24, 2.45) is 11.8 Å². The Balaban J connectivity index is 1.62.